The average Bonchev–Trinajstić information content (AvgIpc) is 3.11. The van der Waals surface area contributed by atoms with Crippen molar-refractivity contribution in [2.45, 2.75) is 30.7 Å². The second kappa shape index (κ2) is 7.53. The summed E-state index contributed by atoms with van der Waals surface area (Å²) in [5, 5.41) is 0.392. The highest BCUT2D eigenvalue weighted by molar-refractivity contribution is 8.00. The van der Waals surface area contributed by atoms with Gasteiger partial charge in [-0.05, 0) is 38.0 Å². The number of aromatic nitrogens is 2. The van der Waals surface area contributed by atoms with Crippen LogP contribution in [0.4, 0.5) is 5.69 Å². The van der Waals surface area contributed by atoms with E-state index in [1.165, 1.54) is 17.3 Å². The molecule has 1 aliphatic rings. The molecular weight excluding hydrogens is 354 g/mol. The van der Waals surface area contributed by atoms with Gasteiger partial charge in [-0.2, -0.15) is 0 Å². The molecule has 0 N–H and O–H groups in total. The Balaban J connectivity index is 1.54. The number of thioether (sulfide) groups is 1. The van der Waals surface area contributed by atoms with Crippen molar-refractivity contribution >= 4 is 23.4 Å². The standard InChI is InChI=1S/C22H21N3OS/c1-15-14-19(17-8-4-3-5-9-17)24-22(23-15)27-16(2)21(26)25-13-12-18-10-6-7-11-20(18)25/h3-11,14,16H,12-13H2,1-2H3/t16-/m0/s1. The number of aryl methyl sites for hydroxylation is 1. The number of nitrogens with zero attached hydrogens (tertiary/aromatic N) is 3. The van der Waals surface area contributed by atoms with Crippen LogP contribution in [0.3, 0.4) is 0 Å². The smallest absolute Gasteiger partial charge is 0.240 e. The van der Waals surface area contributed by atoms with E-state index in [-0.39, 0.29) is 11.2 Å². The molecule has 1 aromatic heterocycles. The minimum Gasteiger partial charge on any atom is -0.311 e. The maximum absolute atomic E-state index is 13.0. The Hall–Kier alpha value is -2.66. The highest BCUT2D eigenvalue weighted by Gasteiger charge is 2.28. The van der Waals surface area contributed by atoms with Gasteiger partial charge in [-0.1, -0.05) is 60.3 Å². The number of hydrogen-bond acceptors (Lipinski definition) is 4. The Labute approximate surface area is 163 Å². The number of rotatable bonds is 4. The van der Waals surface area contributed by atoms with Gasteiger partial charge in [-0.3, -0.25) is 4.79 Å². The van der Waals surface area contributed by atoms with Crippen molar-refractivity contribution in [3.8, 4) is 11.3 Å². The number of amides is 1. The number of carbonyl (C=O) groups excluding carboxylic acids is 1. The second-order valence-electron chi connectivity index (χ2n) is 6.67. The highest BCUT2D eigenvalue weighted by Crippen LogP contribution is 2.31. The third-order valence-corrected chi connectivity index (χ3v) is 5.63. The van der Waals surface area contributed by atoms with Gasteiger partial charge in [-0.15, -0.1) is 0 Å². The molecule has 1 amide bonds. The molecule has 3 aromatic rings. The summed E-state index contributed by atoms with van der Waals surface area (Å²) in [6.45, 7) is 4.64. The van der Waals surface area contributed by atoms with E-state index < -0.39 is 0 Å². The molecule has 0 saturated carbocycles. The quantitative estimate of drug-likeness (QED) is 0.497. The Morgan fingerprint density at radius 2 is 1.81 bits per heavy atom. The van der Waals surface area contributed by atoms with Crippen LogP contribution >= 0.6 is 11.8 Å². The van der Waals surface area contributed by atoms with E-state index in [2.05, 4.69) is 16.0 Å². The maximum atomic E-state index is 13.0. The van der Waals surface area contributed by atoms with Crippen molar-refractivity contribution in [3.05, 3.63) is 71.9 Å². The zero-order valence-electron chi connectivity index (χ0n) is 15.4. The van der Waals surface area contributed by atoms with E-state index >= 15 is 0 Å². The van der Waals surface area contributed by atoms with Crippen molar-refractivity contribution in [2.75, 3.05) is 11.4 Å². The third kappa shape index (κ3) is 3.74. The van der Waals surface area contributed by atoms with Gasteiger partial charge in [0.2, 0.25) is 5.91 Å². The zero-order chi connectivity index (χ0) is 18.8. The van der Waals surface area contributed by atoms with Gasteiger partial charge in [0.1, 0.15) is 0 Å². The molecule has 27 heavy (non-hydrogen) atoms. The van der Waals surface area contributed by atoms with Crippen LogP contribution in [0, 0.1) is 6.92 Å². The molecular formula is C22H21N3OS. The summed E-state index contributed by atoms with van der Waals surface area (Å²) in [6, 6.07) is 20.1. The van der Waals surface area contributed by atoms with Crippen molar-refractivity contribution in [3.63, 3.8) is 0 Å². The molecule has 0 aliphatic carbocycles. The molecule has 0 spiro atoms. The van der Waals surface area contributed by atoms with Gasteiger partial charge in [0, 0.05) is 23.5 Å². The van der Waals surface area contributed by atoms with Crippen molar-refractivity contribution < 1.29 is 4.79 Å². The lowest BCUT2D eigenvalue weighted by Crippen LogP contribution is -2.35. The summed E-state index contributed by atoms with van der Waals surface area (Å²) < 4.78 is 0. The van der Waals surface area contributed by atoms with E-state index in [4.69, 9.17) is 0 Å². The van der Waals surface area contributed by atoms with Crippen molar-refractivity contribution in [2.24, 2.45) is 0 Å². The predicted octanol–water partition coefficient (Wildman–Crippen LogP) is 4.52. The lowest BCUT2D eigenvalue weighted by molar-refractivity contribution is -0.117. The Morgan fingerprint density at radius 3 is 2.63 bits per heavy atom. The van der Waals surface area contributed by atoms with E-state index in [9.17, 15) is 4.79 Å². The minimum atomic E-state index is -0.249. The zero-order valence-corrected chi connectivity index (χ0v) is 16.2. The van der Waals surface area contributed by atoms with Crippen LogP contribution in [-0.4, -0.2) is 27.7 Å². The van der Waals surface area contributed by atoms with Crippen molar-refractivity contribution in [1.29, 1.82) is 0 Å². The molecule has 1 atom stereocenters. The van der Waals surface area contributed by atoms with Crippen LogP contribution in [0.5, 0.6) is 0 Å². The third-order valence-electron chi connectivity index (χ3n) is 4.69. The summed E-state index contributed by atoms with van der Waals surface area (Å²) in [7, 11) is 0. The number of benzene rings is 2. The number of para-hydroxylation sites is 1. The van der Waals surface area contributed by atoms with E-state index in [0.29, 0.717) is 5.16 Å². The van der Waals surface area contributed by atoms with Gasteiger partial charge in [0.25, 0.3) is 0 Å². The monoisotopic (exact) mass is 375 g/mol. The van der Waals surface area contributed by atoms with Gasteiger partial charge in [0.05, 0.1) is 10.9 Å². The first-order valence-corrected chi connectivity index (χ1v) is 9.97. The first-order valence-electron chi connectivity index (χ1n) is 9.09. The van der Waals surface area contributed by atoms with Crippen LogP contribution in [-0.2, 0) is 11.2 Å². The second-order valence-corrected chi connectivity index (χ2v) is 7.98. The SMILES string of the molecule is Cc1cc(-c2ccccc2)nc(S[C@@H](C)C(=O)N2CCc3ccccc32)n1. The van der Waals surface area contributed by atoms with Gasteiger partial charge in [-0.25, -0.2) is 9.97 Å². The lowest BCUT2D eigenvalue weighted by Gasteiger charge is -2.21. The maximum Gasteiger partial charge on any atom is 0.240 e. The normalized spacial score (nSPS) is 14.1. The average molecular weight is 375 g/mol. The fourth-order valence-electron chi connectivity index (χ4n) is 3.35. The fraction of sp³-hybridized carbons (Fsp3) is 0.227. The van der Waals surface area contributed by atoms with E-state index in [0.717, 1.165) is 35.6 Å². The van der Waals surface area contributed by atoms with Crippen LogP contribution in [0.2, 0.25) is 0 Å². The first-order chi connectivity index (χ1) is 13.1. The number of fused-ring (bicyclic) bond motifs is 1. The Kier molecular flexibility index (Phi) is 4.94. The molecule has 0 fully saturated rings. The van der Waals surface area contributed by atoms with Crippen LogP contribution in [0.25, 0.3) is 11.3 Å². The molecule has 4 rings (SSSR count). The Morgan fingerprint density at radius 1 is 1.07 bits per heavy atom. The summed E-state index contributed by atoms with van der Waals surface area (Å²) in [5.74, 6) is 0.108. The molecule has 0 radical (unpaired) electrons. The lowest BCUT2D eigenvalue weighted by atomic mass is 10.1. The molecule has 136 valence electrons. The van der Waals surface area contributed by atoms with Crippen LogP contribution < -0.4 is 4.90 Å². The van der Waals surface area contributed by atoms with E-state index in [1.54, 1.807) is 0 Å². The molecule has 0 unspecified atom stereocenters. The van der Waals surface area contributed by atoms with Crippen molar-refractivity contribution in [1.82, 2.24) is 9.97 Å². The fourth-order valence-corrected chi connectivity index (χ4v) is 4.24. The molecule has 5 heteroatoms. The minimum absolute atomic E-state index is 0.108. The first kappa shape index (κ1) is 17.7. The number of anilines is 1. The predicted molar refractivity (Wildman–Crippen MR) is 110 cm³/mol. The molecule has 2 aromatic carbocycles. The van der Waals surface area contributed by atoms with Gasteiger partial charge in [0.15, 0.2) is 5.16 Å². The van der Waals surface area contributed by atoms with Gasteiger partial charge < -0.3 is 4.90 Å². The number of hydrogen-bond donors (Lipinski definition) is 0. The van der Waals surface area contributed by atoms with E-state index in [1.807, 2.05) is 73.3 Å². The summed E-state index contributed by atoms with van der Waals surface area (Å²) in [6.07, 6.45) is 0.915. The molecule has 1 aliphatic heterocycles. The topological polar surface area (TPSA) is 46.1 Å². The number of carbonyl (C=O) groups is 1. The summed E-state index contributed by atoms with van der Waals surface area (Å²) in [5.41, 5.74) is 5.11. The highest BCUT2D eigenvalue weighted by atomic mass is 32.2. The summed E-state index contributed by atoms with van der Waals surface area (Å²) in [4.78, 5) is 24.1. The molecule has 0 bridgehead atoms. The Bertz CT molecular complexity index is 974. The molecule has 4 nitrogen and oxygen atoms in total. The van der Waals surface area contributed by atoms with Crippen LogP contribution in [0.1, 0.15) is 18.2 Å². The largest absolute Gasteiger partial charge is 0.311 e. The van der Waals surface area contributed by atoms with Gasteiger partial charge >= 0.3 is 0 Å². The van der Waals surface area contributed by atoms with Crippen LogP contribution in [0.15, 0.2) is 65.8 Å². The molecule has 2 heterocycles. The molecule has 0 saturated heterocycles. The summed E-state index contributed by atoms with van der Waals surface area (Å²) >= 11 is 1.42.